The molecule has 152 valence electrons. The number of halogens is 1. The number of pyridine rings is 1. The van der Waals surface area contributed by atoms with Gasteiger partial charge in [0.15, 0.2) is 5.65 Å². The Morgan fingerprint density at radius 2 is 1.81 bits per heavy atom. The van der Waals surface area contributed by atoms with Crippen molar-refractivity contribution < 1.29 is 4.79 Å². The summed E-state index contributed by atoms with van der Waals surface area (Å²) in [6.45, 7) is 1.91. The number of nitrogens with one attached hydrogen (secondary N) is 1. The van der Waals surface area contributed by atoms with Crippen molar-refractivity contribution in [2.45, 2.75) is 6.92 Å². The average molecular weight is 536 g/mol. The van der Waals surface area contributed by atoms with Crippen LogP contribution in [0.25, 0.3) is 27.3 Å². The maximum absolute atomic E-state index is 13.4. The van der Waals surface area contributed by atoms with Gasteiger partial charge in [-0.2, -0.15) is 5.10 Å². The first-order chi connectivity index (χ1) is 15.1. The fourth-order valence-electron chi connectivity index (χ4n) is 3.50. The third-order valence-electron chi connectivity index (χ3n) is 4.93. The fraction of sp³-hybridized carbons (Fsp3) is 0.0417. The van der Waals surface area contributed by atoms with Crippen LogP contribution >= 0.6 is 33.9 Å². The number of fused-ring (bicyclic) bond motifs is 1. The zero-order valence-corrected chi connectivity index (χ0v) is 19.5. The molecular formula is C24H17IN4OS. The Kier molecular flexibility index (Phi) is 5.29. The summed E-state index contributed by atoms with van der Waals surface area (Å²) in [6.07, 6.45) is 0. The van der Waals surface area contributed by atoms with Crippen LogP contribution in [-0.2, 0) is 0 Å². The summed E-state index contributed by atoms with van der Waals surface area (Å²) < 4.78 is 2.92. The van der Waals surface area contributed by atoms with Gasteiger partial charge in [-0.15, -0.1) is 11.3 Å². The van der Waals surface area contributed by atoms with E-state index in [1.54, 1.807) is 11.3 Å². The highest BCUT2D eigenvalue weighted by Gasteiger charge is 2.21. The molecule has 0 bridgehead atoms. The lowest BCUT2D eigenvalue weighted by Gasteiger charge is -2.10. The number of nitrogens with zero attached hydrogens (tertiary/aromatic N) is 3. The van der Waals surface area contributed by atoms with Crippen LogP contribution in [0.2, 0.25) is 0 Å². The molecular weight excluding hydrogens is 519 g/mol. The van der Waals surface area contributed by atoms with E-state index in [0.29, 0.717) is 11.2 Å². The largest absolute Gasteiger partial charge is 0.322 e. The van der Waals surface area contributed by atoms with E-state index in [1.807, 2.05) is 89.8 Å². The van der Waals surface area contributed by atoms with Gasteiger partial charge in [-0.25, -0.2) is 9.67 Å². The number of aryl methyl sites for hydroxylation is 1. The van der Waals surface area contributed by atoms with Crippen molar-refractivity contribution in [2.75, 3.05) is 5.32 Å². The van der Waals surface area contributed by atoms with E-state index in [2.05, 4.69) is 27.9 Å². The predicted octanol–water partition coefficient (Wildman–Crippen LogP) is 6.31. The summed E-state index contributed by atoms with van der Waals surface area (Å²) in [6, 6.07) is 23.4. The lowest BCUT2D eigenvalue weighted by molar-refractivity contribution is 0.102. The maximum Gasteiger partial charge on any atom is 0.256 e. The van der Waals surface area contributed by atoms with Crippen molar-refractivity contribution in [1.29, 1.82) is 0 Å². The average Bonchev–Trinajstić information content (AvgIpc) is 3.44. The van der Waals surface area contributed by atoms with E-state index in [-0.39, 0.29) is 5.91 Å². The Morgan fingerprint density at radius 1 is 1.03 bits per heavy atom. The summed E-state index contributed by atoms with van der Waals surface area (Å²) in [7, 11) is 0. The van der Waals surface area contributed by atoms with E-state index in [9.17, 15) is 4.79 Å². The monoisotopic (exact) mass is 536 g/mol. The number of rotatable bonds is 4. The topological polar surface area (TPSA) is 59.8 Å². The molecule has 0 aliphatic heterocycles. The van der Waals surface area contributed by atoms with Crippen LogP contribution < -0.4 is 5.32 Å². The number of benzene rings is 2. The van der Waals surface area contributed by atoms with Gasteiger partial charge in [0, 0.05) is 9.26 Å². The second kappa shape index (κ2) is 8.24. The minimum atomic E-state index is -0.179. The van der Waals surface area contributed by atoms with Crippen molar-refractivity contribution in [2.24, 2.45) is 0 Å². The highest BCUT2D eigenvalue weighted by molar-refractivity contribution is 14.1. The molecule has 2 aromatic carbocycles. The third kappa shape index (κ3) is 3.86. The zero-order valence-electron chi connectivity index (χ0n) is 16.5. The fourth-order valence-corrected chi connectivity index (χ4v) is 4.55. The standard InChI is InChI=1S/C24H17IN4OS/c1-15-22-19(24(30)26-17-11-9-16(25)10-12-17)14-20(21-8-5-13-31-21)27-23(22)29(28-15)18-6-3-2-4-7-18/h2-14H,1H3,(H,26,30). The van der Waals surface area contributed by atoms with Crippen LogP contribution in [0.3, 0.4) is 0 Å². The highest BCUT2D eigenvalue weighted by Crippen LogP contribution is 2.31. The van der Waals surface area contributed by atoms with E-state index < -0.39 is 0 Å². The number of carbonyl (C=O) groups excluding carboxylic acids is 1. The van der Waals surface area contributed by atoms with Crippen molar-refractivity contribution in [3.63, 3.8) is 0 Å². The molecule has 3 aromatic heterocycles. The number of carbonyl (C=O) groups is 1. The number of amides is 1. The molecule has 0 fully saturated rings. The van der Waals surface area contributed by atoms with Crippen LogP contribution in [0.15, 0.2) is 78.2 Å². The van der Waals surface area contributed by atoms with E-state index in [0.717, 1.165) is 36.6 Å². The first kappa shape index (κ1) is 19.9. The summed E-state index contributed by atoms with van der Waals surface area (Å²) in [4.78, 5) is 19.3. The molecule has 0 radical (unpaired) electrons. The van der Waals surface area contributed by atoms with Crippen molar-refractivity contribution >= 4 is 56.6 Å². The van der Waals surface area contributed by atoms with Gasteiger partial charge >= 0.3 is 0 Å². The molecule has 5 rings (SSSR count). The quantitative estimate of drug-likeness (QED) is 0.274. The molecule has 1 amide bonds. The molecule has 0 saturated heterocycles. The van der Waals surface area contributed by atoms with Gasteiger partial charge in [0.2, 0.25) is 0 Å². The number of thiophene rings is 1. The number of para-hydroxylation sites is 1. The number of aromatic nitrogens is 3. The van der Waals surface area contributed by atoms with Crippen molar-refractivity contribution in [1.82, 2.24) is 14.8 Å². The maximum atomic E-state index is 13.4. The van der Waals surface area contributed by atoms with Gasteiger partial charge in [0.1, 0.15) is 0 Å². The molecule has 0 aliphatic carbocycles. The van der Waals surface area contributed by atoms with Gasteiger partial charge in [-0.3, -0.25) is 4.79 Å². The highest BCUT2D eigenvalue weighted by atomic mass is 127. The molecule has 3 heterocycles. The Balaban J connectivity index is 1.70. The molecule has 0 saturated carbocycles. The molecule has 5 aromatic rings. The molecule has 0 atom stereocenters. The van der Waals surface area contributed by atoms with E-state index in [4.69, 9.17) is 10.1 Å². The zero-order chi connectivity index (χ0) is 21.4. The van der Waals surface area contributed by atoms with Crippen LogP contribution in [0.1, 0.15) is 16.1 Å². The normalized spacial score (nSPS) is 11.0. The van der Waals surface area contributed by atoms with Crippen molar-refractivity contribution in [3.05, 3.63) is 93.0 Å². The summed E-state index contributed by atoms with van der Waals surface area (Å²) in [5.41, 5.74) is 4.40. The van der Waals surface area contributed by atoms with Gasteiger partial charge in [0.05, 0.1) is 32.9 Å². The van der Waals surface area contributed by atoms with E-state index in [1.165, 1.54) is 0 Å². The Morgan fingerprint density at radius 3 is 2.52 bits per heavy atom. The van der Waals surface area contributed by atoms with Gasteiger partial charge < -0.3 is 5.32 Å². The summed E-state index contributed by atoms with van der Waals surface area (Å²) >= 11 is 3.84. The second-order valence-electron chi connectivity index (χ2n) is 7.02. The van der Waals surface area contributed by atoms with Crippen LogP contribution in [-0.4, -0.2) is 20.7 Å². The van der Waals surface area contributed by atoms with Gasteiger partial charge in [0.25, 0.3) is 5.91 Å². The second-order valence-corrected chi connectivity index (χ2v) is 9.22. The molecule has 0 spiro atoms. The third-order valence-corrected chi connectivity index (χ3v) is 6.55. The smallest absolute Gasteiger partial charge is 0.256 e. The Bertz CT molecular complexity index is 1380. The molecule has 7 heteroatoms. The van der Waals surface area contributed by atoms with Gasteiger partial charge in [-0.05, 0) is 83.4 Å². The number of anilines is 1. The Labute approximate surface area is 196 Å². The molecule has 1 N–H and O–H groups in total. The van der Waals surface area contributed by atoms with Crippen LogP contribution in [0.4, 0.5) is 5.69 Å². The lowest BCUT2D eigenvalue weighted by atomic mass is 10.1. The predicted molar refractivity (Wildman–Crippen MR) is 134 cm³/mol. The van der Waals surface area contributed by atoms with Gasteiger partial charge in [-0.1, -0.05) is 24.3 Å². The lowest BCUT2D eigenvalue weighted by Crippen LogP contribution is -2.13. The minimum Gasteiger partial charge on any atom is -0.322 e. The number of hydrogen-bond donors (Lipinski definition) is 1. The first-order valence-corrected chi connectivity index (χ1v) is 11.6. The van der Waals surface area contributed by atoms with Crippen LogP contribution in [0.5, 0.6) is 0 Å². The SMILES string of the molecule is Cc1nn(-c2ccccc2)c2nc(-c3cccs3)cc(C(=O)Nc3ccc(I)cc3)c12. The van der Waals surface area contributed by atoms with E-state index >= 15 is 0 Å². The number of hydrogen-bond acceptors (Lipinski definition) is 4. The summed E-state index contributed by atoms with van der Waals surface area (Å²) in [5.74, 6) is -0.179. The van der Waals surface area contributed by atoms with Crippen LogP contribution in [0, 0.1) is 10.5 Å². The first-order valence-electron chi connectivity index (χ1n) is 9.67. The minimum absolute atomic E-state index is 0.179. The molecule has 0 unspecified atom stereocenters. The molecule has 0 aliphatic rings. The Hall–Kier alpha value is -3.04. The van der Waals surface area contributed by atoms with Crippen molar-refractivity contribution in [3.8, 4) is 16.3 Å². The summed E-state index contributed by atoms with van der Waals surface area (Å²) in [5, 5.41) is 10.5. The molecule has 5 nitrogen and oxygen atoms in total. The molecule has 31 heavy (non-hydrogen) atoms.